The van der Waals surface area contributed by atoms with Crippen LogP contribution in [0.2, 0.25) is 0 Å². The van der Waals surface area contributed by atoms with Crippen molar-refractivity contribution in [2.75, 3.05) is 6.54 Å². The minimum Gasteiger partial charge on any atom is -0.333 e. The van der Waals surface area contributed by atoms with E-state index in [2.05, 4.69) is 11.1 Å². The molecule has 0 fully saturated rings. The van der Waals surface area contributed by atoms with E-state index < -0.39 is 0 Å². The molecule has 0 spiro atoms. The van der Waals surface area contributed by atoms with E-state index in [0.29, 0.717) is 18.8 Å². The number of carbonyl (C=O) groups excluding carboxylic acids is 1. The molecule has 0 saturated carbocycles. The zero-order valence-electron chi connectivity index (χ0n) is 12.1. The Morgan fingerprint density at radius 1 is 1.18 bits per heavy atom. The zero-order valence-corrected chi connectivity index (χ0v) is 12.1. The first-order chi connectivity index (χ1) is 10.8. The van der Waals surface area contributed by atoms with Gasteiger partial charge in [0.15, 0.2) is 0 Å². The molecule has 22 heavy (non-hydrogen) atoms. The largest absolute Gasteiger partial charge is 0.333 e. The lowest BCUT2D eigenvalue weighted by Gasteiger charge is -2.28. The molecule has 0 bridgehead atoms. The highest BCUT2D eigenvalue weighted by Crippen LogP contribution is 2.20. The second kappa shape index (κ2) is 6.23. The number of fused-ring (bicyclic) bond motifs is 1. The predicted octanol–water partition coefficient (Wildman–Crippen LogP) is 2.57. The van der Waals surface area contributed by atoms with Crippen molar-refractivity contribution in [3.05, 3.63) is 71.1 Å². The number of nitrogens with zero attached hydrogens (tertiary/aromatic N) is 3. The van der Waals surface area contributed by atoms with Crippen molar-refractivity contribution in [1.29, 1.82) is 5.26 Å². The van der Waals surface area contributed by atoms with Gasteiger partial charge in [0.2, 0.25) is 0 Å². The normalized spacial score (nSPS) is 14.1. The Bertz CT molecular complexity index is 759. The van der Waals surface area contributed by atoms with Gasteiger partial charge >= 0.3 is 0 Å². The van der Waals surface area contributed by atoms with Gasteiger partial charge in [-0.25, -0.2) is 0 Å². The zero-order chi connectivity index (χ0) is 15.4. The number of hydrogen-bond acceptors (Lipinski definition) is 3. The standard InChI is InChI=1S/C18H15N3O/c19-12-16(11-17-7-3-4-9-20-17)18(22)21-10-8-14-5-1-2-6-15(14)13-21/h1-7,9,11H,8,10,13H2. The fourth-order valence-electron chi connectivity index (χ4n) is 2.59. The lowest BCUT2D eigenvalue weighted by molar-refractivity contribution is -0.127. The van der Waals surface area contributed by atoms with E-state index in [0.717, 1.165) is 12.0 Å². The Balaban J connectivity index is 1.82. The highest BCUT2D eigenvalue weighted by Gasteiger charge is 2.23. The number of pyridine rings is 1. The smallest absolute Gasteiger partial charge is 0.264 e. The van der Waals surface area contributed by atoms with Crippen LogP contribution in [0.25, 0.3) is 6.08 Å². The van der Waals surface area contributed by atoms with Crippen molar-refractivity contribution in [2.24, 2.45) is 0 Å². The van der Waals surface area contributed by atoms with E-state index in [4.69, 9.17) is 0 Å². The van der Waals surface area contributed by atoms with Crippen molar-refractivity contribution >= 4 is 12.0 Å². The first-order valence-electron chi connectivity index (χ1n) is 7.17. The number of carbonyl (C=O) groups is 1. The summed E-state index contributed by atoms with van der Waals surface area (Å²) in [7, 11) is 0. The molecule has 108 valence electrons. The molecule has 0 radical (unpaired) electrons. The van der Waals surface area contributed by atoms with Crippen molar-refractivity contribution in [3.63, 3.8) is 0 Å². The van der Waals surface area contributed by atoms with Gasteiger partial charge in [0.1, 0.15) is 11.6 Å². The molecule has 0 unspecified atom stereocenters. The van der Waals surface area contributed by atoms with Gasteiger partial charge in [0, 0.05) is 19.3 Å². The van der Waals surface area contributed by atoms with Crippen LogP contribution in [-0.4, -0.2) is 22.3 Å². The third-order valence-electron chi connectivity index (χ3n) is 3.75. The van der Waals surface area contributed by atoms with E-state index in [1.54, 1.807) is 29.3 Å². The molecular weight excluding hydrogens is 274 g/mol. The second-order valence-corrected chi connectivity index (χ2v) is 5.17. The molecule has 3 rings (SSSR count). The van der Waals surface area contributed by atoms with Crippen LogP contribution in [0, 0.1) is 11.3 Å². The van der Waals surface area contributed by atoms with Crippen LogP contribution in [0.3, 0.4) is 0 Å². The van der Waals surface area contributed by atoms with Gasteiger partial charge in [-0.1, -0.05) is 30.3 Å². The summed E-state index contributed by atoms with van der Waals surface area (Å²) >= 11 is 0. The fourth-order valence-corrected chi connectivity index (χ4v) is 2.59. The average molecular weight is 289 g/mol. The summed E-state index contributed by atoms with van der Waals surface area (Å²) in [6.45, 7) is 1.19. The summed E-state index contributed by atoms with van der Waals surface area (Å²) in [5.74, 6) is -0.234. The number of benzene rings is 1. The molecule has 1 aromatic carbocycles. The minimum absolute atomic E-state index is 0.123. The number of amides is 1. The summed E-state index contributed by atoms with van der Waals surface area (Å²) in [5.41, 5.74) is 3.17. The van der Waals surface area contributed by atoms with Gasteiger partial charge in [-0.2, -0.15) is 5.26 Å². The molecule has 1 aromatic heterocycles. The third-order valence-corrected chi connectivity index (χ3v) is 3.75. The molecule has 4 nitrogen and oxygen atoms in total. The monoisotopic (exact) mass is 289 g/mol. The first-order valence-corrected chi connectivity index (χ1v) is 7.17. The average Bonchev–Trinajstić information content (AvgIpc) is 2.59. The molecule has 1 aliphatic rings. The number of nitriles is 1. The topological polar surface area (TPSA) is 57.0 Å². The van der Waals surface area contributed by atoms with Crippen LogP contribution in [0.15, 0.2) is 54.2 Å². The molecule has 2 aromatic rings. The molecule has 1 amide bonds. The van der Waals surface area contributed by atoms with Gasteiger partial charge in [-0.15, -0.1) is 0 Å². The molecule has 0 aliphatic carbocycles. The fraction of sp³-hybridized carbons (Fsp3) is 0.167. The molecule has 0 atom stereocenters. The Kier molecular flexibility index (Phi) is 3.97. The summed E-state index contributed by atoms with van der Waals surface area (Å²) < 4.78 is 0. The maximum atomic E-state index is 12.6. The second-order valence-electron chi connectivity index (χ2n) is 5.17. The van der Waals surface area contributed by atoms with E-state index >= 15 is 0 Å². The van der Waals surface area contributed by atoms with E-state index in [1.807, 2.05) is 30.3 Å². The number of rotatable bonds is 2. The van der Waals surface area contributed by atoms with Crippen LogP contribution in [0.4, 0.5) is 0 Å². The van der Waals surface area contributed by atoms with Gasteiger partial charge < -0.3 is 4.90 Å². The number of aromatic nitrogens is 1. The lowest BCUT2D eigenvalue weighted by atomic mass is 9.99. The van der Waals surface area contributed by atoms with E-state index in [9.17, 15) is 10.1 Å². The quantitative estimate of drug-likeness (QED) is 0.630. The van der Waals surface area contributed by atoms with Crippen molar-refractivity contribution in [1.82, 2.24) is 9.88 Å². The van der Waals surface area contributed by atoms with Crippen LogP contribution < -0.4 is 0 Å². The molecule has 4 heteroatoms. The number of hydrogen-bond donors (Lipinski definition) is 0. The summed E-state index contributed by atoms with van der Waals surface area (Å²) in [6, 6.07) is 15.5. The van der Waals surface area contributed by atoms with Crippen LogP contribution >= 0.6 is 0 Å². The van der Waals surface area contributed by atoms with Crippen LogP contribution in [-0.2, 0) is 17.8 Å². The van der Waals surface area contributed by atoms with Crippen LogP contribution in [0.1, 0.15) is 16.8 Å². The predicted molar refractivity (Wildman–Crippen MR) is 83.4 cm³/mol. The van der Waals surface area contributed by atoms with Gasteiger partial charge in [-0.05, 0) is 35.8 Å². The van der Waals surface area contributed by atoms with Crippen LogP contribution in [0.5, 0.6) is 0 Å². The Hall–Kier alpha value is -2.93. The van der Waals surface area contributed by atoms with Crippen molar-refractivity contribution in [2.45, 2.75) is 13.0 Å². The van der Waals surface area contributed by atoms with Gasteiger partial charge in [-0.3, -0.25) is 9.78 Å². The highest BCUT2D eigenvalue weighted by atomic mass is 16.2. The molecule has 1 aliphatic heterocycles. The Labute approximate surface area is 129 Å². The van der Waals surface area contributed by atoms with Crippen molar-refractivity contribution in [3.8, 4) is 6.07 Å². The van der Waals surface area contributed by atoms with E-state index in [1.165, 1.54) is 5.56 Å². The molecular formula is C18H15N3O. The van der Waals surface area contributed by atoms with Crippen molar-refractivity contribution < 1.29 is 4.79 Å². The maximum Gasteiger partial charge on any atom is 0.264 e. The minimum atomic E-state index is -0.234. The third kappa shape index (κ3) is 2.89. The van der Waals surface area contributed by atoms with Gasteiger partial charge in [0.25, 0.3) is 5.91 Å². The Morgan fingerprint density at radius 2 is 1.95 bits per heavy atom. The first kappa shape index (κ1) is 14.0. The lowest BCUT2D eigenvalue weighted by Crippen LogP contribution is -2.36. The SMILES string of the molecule is N#CC(=Cc1ccccn1)C(=O)N1CCc2ccccc2C1. The molecule has 0 saturated heterocycles. The summed E-state index contributed by atoms with van der Waals surface area (Å²) in [5, 5.41) is 9.29. The maximum absolute atomic E-state index is 12.6. The van der Waals surface area contributed by atoms with Gasteiger partial charge in [0.05, 0.1) is 5.69 Å². The summed E-state index contributed by atoms with van der Waals surface area (Å²) in [6.07, 6.45) is 4.01. The summed E-state index contributed by atoms with van der Waals surface area (Å²) in [4.78, 5) is 18.4. The highest BCUT2D eigenvalue weighted by molar-refractivity contribution is 6.01. The van der Waals surface area contributed by atoms with E-state index in [-0.39, 0.29) is 11.5 Å². The molecule has 0 N–H and O–H groups in total. The molecule has 2 heterocycles. The Morgan fingerprint density at radius 3 is 2.68 bits per heavy atom.